The van der Waals surface area contributed by atoms with Gasteiger partial charge in [0.25, 0.3) is 0 Å². The number of allylic oxidation sites excluding steroid dienone is 2. The highest BCUT2D eigenvalue weighted by Gasteiger charge is 2.15. The lowest BCUT2D eigenvalue weighted by atomic mass is 9.89. The molecule has 0 radical (unpaired) electrons. The Bertz CT molecular complexity index is 806. The molecule has 2 aromatic rings. The number of carbonyl (C=O) groups is 1. The first-order valence-electron chi connectivity index (χ1n) is 8.62. The Hall–Kier alpha value is -2.81. The van der Waals surface area contributed by atoms with Crippen LogP contribution in [0.1, 0.15) is 41.3 Å². The minimum atomic E-state index is -0.328. The first-order chi connectivity index (χ1) is 12.1. The molecule has 0 atom stereocenters. The molecule has 0 unspecified atom stereocenters. The van der Waals surface area contributed by atoms with Crippen molar-refractivity contribution in [2.75, 3.05) is 6.54 Å². The molecule has 0 amide bonds. The van der Waals surface area contributed by atoms with E-state index >= 15 is 0 Å². The summed E-state index contributed by atoms with van der Waals surface area (Å²) in [6.45, 7) is 6.69. The van der Waals surface area contributed by atoms with E-state index in [0.717, 1.165) is 31.5 Å². The Morgan fingerprint density at radius 3 is 2.76 bits per heavy atom. The summed E-state index contributed by atoms with van der Waals surface area (Å²) in [6, 6.07) is 15.0. The van der Waals surface area contributed by atoms with Crippen LogP contribution in [-0.2, 0) is 6.42 Å². The summed E-state index contributed by atoms with van der Waals surface area (Å²) in [5.41, 5.74) is 5.33. The molecular formula is C22H23NO2. The van der Waals surface area contributed by atoms with E-state index in [4.69, 9.17) is 4.74 Å². The molecule has 25 heavy (non-hydrogen) atoms. The van der Waals surface area contributed by atoms with Crippen molar-refractivity contribution in [2.24, 2.45) is 0 Å². The fourth-order valence-corrected chi connectivity index (χ4v) is 3.04. The first-order valence-corrected chi connectivity index (χ1v) is 8.62. The molecule has 2 aromatic carbocycles. The summed E-state index contributed by atoms with van der Waals surface area (Å²) >= 11 is 0. The lowest BCUT2D eigenvalue weighted by molar-refractivity contribution is 0.0734. The monoisotopic (exact) mass is 333 g/mol. The van der Waals surface area contributed by atoms with E-state index in [1.807, 2.05) is 37.3 Å². The van der Waals surface area contributed by atoms with Crippen LogP contribution in [0.15, 0.2) is 66.9 Å². The van der Waals surface area contributed by atoms with Gasteiger partial charge in [-0.1, -0.05) is 36.9 Å². The van der Waals surface area contributed by atoms with Crippen molar-refractivity contribution in [3.8, 4) is 5.75 Å². The molecule has 128 valence electrons. The zero-order valence-corrected chi connectivity index (χ0v) is 14.5. The van der Waals surface area contributed by atoms with Crippen molar-refractivity contribution in [3.63, 3.8) is 0 Å². The van der Waals surface area contributed by atoms with E-state index in [1.165, 1.54) is 16.7 Å². The zero-order chi connectivity index (χ0) is 17.6. The molecule has 0 saturated carbocycles. The second-order valence-corrected chi connectivity index (χ2v) is 6.30. The fraction of sp³-hybridized carbons (Fsp3) is 0.227. The first kappa shape index (κ1) is 17.0. The molecule has 0 spiro atoms. The molecule has 0 bridgehead atoms. The van der Waals surface area contributed by atoms with Crippen LogP contribution in [0.25, 0.3) is 5.57 Å². The van der Waals surface area contributed by atoms with Gasteiger partial charge in [-0.2, -0.15) is 0 Å². The van der Waals surface area contributed by atoms with Gasteiger partial charge in [0.1, 0.15) is 5.75 Å². The Balaban J connectivity index is 1.75. The number of ether oxygens (including phenoxy) is 1. The lowest BCUT2D eigenvalue weighted by Crippen LogP contribution is -2.13. The smallest absolute Gasteiger partial charge is 0.343 e. The topological polar surface area (TPSA) is 38.3 Å². The molecule has 1 aliphatic rings. The molecule has 3 heteroatoms. The summed E-state index contributed by atoms with van der Waals surface area (Å²) in [7, 11) is 0. The number of aryl methyl sites for hydroxylation is 1. The predicted octanol–water partition coefficient (Wildman–Crippen LogP) is 4.75. The average molecular weight is 333 g/mol. The van der Waals surface area contributed by atoms with Gasteiger partial charge in [-0.3, -0.25) is 0 Å². The minimum Gasteiger partial charge on any atom is -0.423 e. The number of carbonyl (C=O) groups excluding carboxylic acids is 1. The maximum Gasteiger partial charge on any atom is 0.343 e. The lowest BCUT2D eigenvalue weighted by Gasteiger charge is -2.19. The van der Waals surface area contributed by atoms with Crippen molar-refractivity contribution in [1.29, 1.82) is 0 Å². The third kappa shape index (κ3) is 4.38. The maximum atomic E-state index is 12.3. The fourth-order valence-electron chi connectivity index (χ4n) is 3.04. The van der Waals surface area contributed by atoms with Crippen molar-refractivity contribution in [1.82, 2.24) is 5.32 Å². The van der Waals surface area contributed by atoms with Crippen LogP contribution >= 0.6 is 0 Å². The molecule has 1 aliphatic carbocycles. The number of hydrogen-bond acceptors (Lipinski definition) is 3. The Morgan fingerprint density at radius 1 is 1.20 bits per heavy atom. The summed E-state index contributed by atoms with van der Waals surface area (Å²) in [4.78, 5) is 12.3. The molecule has 0 saturated heterocycles. The standard InChI is InChI=1S/C22H23NO2/c1-16(2)23-14-13-18-10-6-9-17-11-12-20(15-21(17)18)25-22(24)19-7-4-3-5-8-19/h3-5,7-8,10-12,15,23H,1,6,9,13-14H2,2H3. The Kier molecular flexibility index (Phi) is 5.34. The number of nitrogens with one attached hydrogen (secondary N) is 1. The van der Waals surface area contributed by atoms with Crippen molar-refractivity contribution < 1.29 is 9.53 Å². The second kappa shape index (κ2) is 7.84. The van der Waals surface area contributed by atoms with Gasteiger partial charge >= 0.3 is 5.97 Å². The van der Waals surface area contributed by atoms with Crippen LogP contribution in [0, 0.1) is 0 Å². The number of rotatable bonds is 6. The van der Waals surface area contributed by atoms with Gasteiger partial charge < -0.3 is 10.1 Å². The highest BCUT2D eigenvalue weighted by molar-refractivity contribution is 5.91. The summed E-state index contributed by atoms with van der Waals surface area (Å²) in [6.07, 6.45) is 5.29. The van der Waals surface area contributed by atoms with E-state index < -0.39 is 0 Å². The van der Waals surface area contributed by atoms with Gasteiger partial charge in [0.15, 0.2) is 0 Å². The van der Waals surface area contributed by atoms with Gasteiger partial charge in [0.2, 0.25) is 0 Å². The highest BCUT2D eigenvalue weighted by Crippen LogP contribution is 2.31. The number of esters is 1. The summed E-state index contributed by atoms with van der Waals surface area (Å²) in [5, 5.41) is 3.27. The van der Waals surface area contributed by atoms with Crippen molar-refractivity contribution in [2.45, 2.75) is 26.2 Å². The Labute approximate surface area is 149 Å². The van der Waals surface area contributed by atoms with E-state index in [2.05, 4.69) is 24.0 Å². The van der Waals surface area contributed by atoms with Gasteiger partial charge in [0.05, 0.1) is 5.56 Å². The second-order valence-electron chi connectivity index (χ2n) is 6.30. The van der Waals surface area contributed by atoms with Gasteiger partial charge in [-0.25, -0.2) is 4.79 Å². The number of fused-ring (bicyclic) bond motifs is 1. The van der Waals surface area contributed by atoms with Crippen LogP contribution in [0.4, 0.5) is 0 Å². The van der Waals surface area contributed by atoms with Crippen LogP contribution in [0.3, 0.4) is 0 Å². The SMILES string of the molecule is C=C(C)NCCC1=CCCc2ccc(OC(=O)c3ccccc3)cc21. The van der Waals surface area contributed by atoms with Crippen LogP contribution in [0.5, 0.6) is 5.75 Å². The Morgan fingerprint density at radius 2 is 2.00 bits per heavy atom. The zero-order valence-electron chi connectivity index (χ0n) is 14.5. The molecule has 0 fully saturated rings. The summed E-state index contributed by atoms with van der Waals surface area (Å²) in [5.74, 6) is 0.263. The molecule has 3 rings (SSSR count). The third-order valence-electron chi connectivity index (χ3n) is 4.27. The molecule has 1 N–H and O–H groups in total. The van der Waals surface area contributed by atoms with E-state index in [0.29, 0.717) is 11.3 Å². The molecule has 0 aliphatic heterocycles. The maximum absolute atomic E-state index is 12.3. The molecular weight excluding hydrogens is 310 g/mol. The minimum absolute atomic E-state index is 0.328. The summed E-state index contributed by atoms with van der Waals surface area (Å²) < 4.78 is 5.56. The van der Waals surface area contributed by atoms with Crippen LogP contribution in [0.2, 0.25) is 0 Å². The average Bonchev–Trinajstić information content (AvgIpc) is 2.62. The largest absolute Gasteiger partial charge is 0.423 e. The molecule has 0 heterocycles. The number of benzene rings is 2. The van der Waals surface area contributed by atoms with Crippen molar-refractivity contribution >= 4 is 11.5 Å². The van der Waals surface area contributed by atoms with Crippen LogP contribution in [-0.4, -0.2) is 12.5 Å². The van der Waals surface area contributed by atoms with Crippen LogP contribution < -0.4 is 10.1 Å². The number of hydrogen-bond donors (Lipinski definition) is 1. The van der Waals surface area contributed by atoms with Gasteiger partial charge in [0, 0.05) is 12.2 Å². The predicted molar refractivity (Wildman–Crippen MR) is 102 cm³/mol. The van der Waals surface area contributed by atoms with E-state index in [1.54, 1.807) is 12.1 Å². The highest BCUT2D eigenvalue weighted by atomic mass is 16.5. The third-order valence-corrected chi connectivity index (χ3v) is 4.27. The van der Waals surface area contributed by atoms with Crippen molar-refractivity contribution in [3.05, 3.63) is 83.6 Å². The molecule has 0 aromatic heterocycles. The van der Waals surface area contributed by atoms with E-state index in [9.17, 15) is 4.79 Å². The van der Waals surface area contributed by atoms with E-state index in [-0.39, 0.29) is 5.97 Å². The van der Waals surface area contributed by atoms with Gasteiger partial charge in [-0.15, -0.1) is 0 Å². The molecule has 3 nitrogen and oxygen atoms in total. The quantitative estimate of drug-likeness (QED) is 0.612. The normalized spacial score (nSPS) is 12.8. The van der Waals surface area contributed by atoms with Gasteiger partial charge in [-0.05, 0) is 67.2 Å².